The highest BCUT2D eigenvalue weighted by Gasteiger charge is 2.23. The molecule has 0 saturated heterocycles. The molecule has 5 nitrogen and oxygen atoms in total. The molecule has 0 N–H and O–H groups in total. The van der Waals surface area contributed by atoms with E-state index in [1.54, 1.807) is 11.8 Å². The fraction of sp³-hybridized carbons (Fsp3) is 0.429. The van der Waals surface area contributed by atoms with Gasteiger partial charge in [0.1, 0.15) is 24.7 Å². The van der Waals surface area contributed by atoms with Crippen molar-refractivity contribution in [3.05, 3.63) is 17.5 Å². The summed E-state index contributed by atoms with van der Waals surface area (Å²) in [6.07, 6.45) is 4.48. The van der Waals surface area contributed by atoms with E-state index in [1.807, 2.05) is 6.07 Å². The fourth-order valence-electron chi connectivity index (χ4n) is 2.17. The van der Waals surface area contributed by atoms with E-state index in [2.05, 4.69) is 16.2 Å². The zero-order chi connectivity index (χ0) is 14.7. The maximum atomic E-state index is 6.16. The molecule has 0 radical (unpaired) electrons. The lowest BCUT2D eigenvalue weighted by Gasteiger charge is -2.22. The second kappa shape index (κ2) is 6.58. The first-order chi connectivity index (χ1) is 10.3. The van der Waals surface area contributed by atoms with Crippen molar-refractivity contribution in [2.24, 2.45) is 0 Å². The first kappa shape index (κ1) is 14.5. The van der Waals surface area contributed by atoms with Crippen LogP contribution in [0.3, 0.4) is 0 Å². The van der Waals surface area contributed by atoms with Crippen LogP contribution in [0.2, 0.25) is 5.15 Å². The molecule has 2 heterocycles. The molecule has 0 saturated carbocycles. The van der Waals surface area contributed by atoms with Crippen molar-refractivity contribution in [3.8, 4) is 17.2 Å². The van der Waals surface area contributed by atoms with E-state index in [4.69, 9.17) is 25.8 Å². The molecule has 21 heavy (non-hydrogen) atoms. The predicted molar refractivity (Wildman–Crippen MR) is 84.0 cm³/mol. The number of rotatable bonds is 5. The van der Waals surface area contributed by atoms with Gasteiger partial charge in [0, 0.05) is 6.07 Å². The van der Waals surface area contributed by atoms with Crippen molar-refractivity contribution in [1.29, 1.82) is 0 Å². The highest BCUT2D eigenvalue weighted by atomic mass is 35.5. The Morgan fingerprint density at radius 2 is 2.10 bits per heavy atom. The van der Waals surface area contributed by atoms with Crippen LogP contribution >= 0.6 is 23.4 Å². The number of hydrogen-bond donors (Lipinski definition) is 0. The summed E-state index contributed by atoms with van der Waals surface area (Å²) in [5.41, 5.74) is 0.694. The van der Waals surface area contributed by atoms with Gasteiger partial charge in [-0.3, -0.25) is 0 Å². The summed E-state index contributed by atoms with van der Waals surface area (Å²) in [6.45, 7) is 1.59. The van der Waals surface area contributed by atoms with Gasteiger partial charge in [-0.1, -0.05) is 11.6 Å². The van der Waals surface area contributed by atoms with Crippen molar-refractivity contribution in [1.82, 2.24) is 9.97 Å². The summed E-state index contributed by atoms with van der Waals surface area (Å²) in [5.74, 6) is 2.87. The van der Waals surface area contributed by atoms with Crippen LogP contribution in [0.25, 0.3) is 10.9 Å². The number of nitrogens with zero attached hydrogens (tertiary/aromatic N) is 2. The van der Waals surface area contributed by atoms with Gasteiger partial charge in [-0.25, -0.2) is 9.97 Å². The zero-order valence-electron chi connectivity index (χ0n) is 11.6. The maximum absolute atomic E-state index is 6.16. The van der Waals surface area contributed by atoms with E-state index >= 15 is 0 Å². The summed E-state index contributed by atoms with van der Waals surface area (Å²) in [4.78, 5) is 8.25. The molecular formula is C14H15ClN2O3S. The van der Waals surface area contributed by atoms with Crippen molar-refractivity contribution in [2.75, 3.05) is 31.8 Å². The van der Waals surface area contributed by atoms with Crippen LogP contribution < -0.4 is 14.2 Å². The fourth-order valence-corrected chi connectivity index (χ4v) is 2.80. The Balaban J connectivity index is 2.00. The molecule has 3 rings (SSSR count). The molecule has 1 aliphatic heterocycles. The number of benzene rings is 1. The third kappa shape index (κ3) is 2.96. The van der Waals surface area contributed by atoms with E-state index in [0.29, 0.717) is 53.1 Å². The second-order valence-corrected chi connectivity index (χ2v) is 5.83. The lowest BCUT2D eigenvalue weighted by molar-refractivity contribution is 0.164. The Morgan fingerprint density at radius 3 is 2.90 bits per heavy atom. The molecule has 112 valence electrons. The molecule has 0 bridgehead atoms. The zero-order valence-corrected chi connectivity index (χ0v) is 13.2. The highest BCUT2D eigenvalue weighted by Crippen LogP contribution is 2.46. The van der Waals surface area contributed by atoms with Gasteiger partial charge in [-0.15, -0.1) is 0 Å². The Labute approximate surface area is 132 Å². The van der Waals surface area contributed by atoms with E-state index in [9.17, 15) is 0 Å². The average Bonchev–Trinajstić information content (AvgIpc) is 2.51. The number of hydrogen-bond acceptors (Lipinski definition) is 6. The summed E-state index contributed by atoms with van der Waals surface area (Å²) >= 11 is 7.96. The second-order valence-electron chi connectivity index (χ2n) is 4.48. The van der Waals surface area contributed by atoms with Gasteiger partial charge in [0.05, 0.1) is 17.5 Å². The monoisotopic (exact) mass is 326 g/mol. The van der Waals surface area contributed by atoms with Crippen molar-refractivity contribution in [2.45, 2.75) is 6.42 Å². The molecule has 0 unspecified atom stereocenters. The van der Waals surface area contributed by atoms with Crippen molar-refractivity contribution in [3.63, 3.8) is 0 Å². The van der Waals surface area contributed by atoms with Gasteiger partial charge < -0.3 is 14.2 Å². The molecule has 0 fully saturated rings. The molecule has 0 aliphatic carbocycles. The van der Waals surface area contributed by atoms with Crippen LogP contribution in [0.5, 0.6) is 17.2 Å². The maximum Gasteiger partial charge on any atom is 0.204 e. The summed E-state index contributed by atoms with van der Waals surface area (Å²) < 4.78 is 17.3. The number of aromatic nitrogens is 2. The normalized spacial score (nSPS) is 13.4. The van der Waals surface area contributed by atoms with Gasteiger partial charge in [-0.05, 0) is 18.4 Å². The van der Waals surface area contributed by atoms with Crippen LogP contribution in [0.1, 0.15) is 6.42 Å². The minimum Gasteiger partial charge on any atom is -0.489 e. The summed E-state index contributed by atoms with van der Waals surface area (Å²) in [6, 6.07) is 1.83. The smallest absolute Gasteiger partial charge is 0.204 e. The first-order valence-corrected chi connectivity index (χ1v) is 8.43. The van der Waals surface area contributed by atoms with E-state index in [-0.39, 0.29) is 0 Å². The Bertz CT molecular complexity index is 654. The number of thioether (sulfide) groups is 1. The van der Waals surface area contributed by atoms with Gasteiger partial charge in [0.2, 0.25) is 5.75 Å². The van der Waals surface area contributed by atoms with Crippen LogP contribution in [-0.2, 0) is 0 Å². The van der Waals surface area contributed by atoms with E-state index < -0.39 is 0 Å². The predicted octanol–water partition coefficient (Wildman–Crippen LogP) is 3.19. The number of halogens is 1. The highest BCUT2D eigenvalue weighted by molar-refractivity contribution is 7.98. The van der Waals surface area contributed by atoms with Crippen molar-refractivity contribution >= 4 is 34.3 Å². The molecule has 0 amide bonds. The van der Waals surface area contributed by atoms with Crippen molar-refractivity contribution < 1.29 is 14.2 Å². The number of fused-ring (bicyclic) bond motifs is 3. The molecule has 1 aromatic carbocycles. The number of ether oxygens (including phenoxy) is 3. The first-order valence-electron chi connectivity index (χ1n) is 6.66. The van der Waals surface area contributed by atoms with Gasteiger partial charge >= 0.3 is 0 Å². The van der Waals surface area contributed by atoms with E-state index in [1.165, 1.54) is 6.33 Å². The van der Waals surface area contributed by atoms with Gasteiger partial charge in [0.25, 0.3) is 0 Å². The molecule has 2 aromatic rings. The third-order valence-corrected chi connectivity index (χ3v) is 4.07. The lowest BCUT2D eigenvalue weighted by atomic mass is 10.2. The van der Waals surface area contributed by atoms with Crippen LogP contribution in [0.15, 0.2) is 12.4 Å². The quantitative estimate of drug-likeness (QED) is 0.621. The van der Waals surface area contributed by atoms with Gasteiger partial charge in [0.15, 0.2) is 11.5 Å². The Morgan fingerprint density at radius 1 is 1.29 bits per heavy atom. The largest absolute Gasteiger partial charge is 0.489 e. The van der Waals surface area contributed by atoms with Crippen LogP contribution in [0, 0.1) is 0 Å². The minimum absolute atomic E-state index is 0.357. The van der Waals surface area contributed by atoms with Gasteiger partial charge in [-0.2, -0.15) is 11.8 Å². The average molecular weight is 327 g/mol. The molecule has 7 heteroatoms. The molecule has 1 aromatic heterocycles. The van der Waals surface area contributed by atoms with Crippen LogP contribution in [-0.4, -0.2) is 41.8 Å². The molecule has 0 atom stereocenters. The SMILES string of the molecule is CSCCCOc1cc2ncnc(Cl)c2c2c1OCCO2. The van der Waals surface area contributed by atoms with E-state index in [0.717, 1.165) is 12.2 Å². The Kier molecular flexibility index (Phi) is 4.55. The Hall–Kier alpha value is -1.40. The topological polar surface area (TPSA) is 53.5 Å². The lowest BCUT2D eigenvalue weighted by Crippen LogP contribution is -2.17. The molecular weight excluding hydrogens is 312 g/mol. The minimum atomic E-state index is 0.357. The third-order valence-electron chi connectivity index (χ3n) is 3.08. The summed E-state index contributed by atoms with van der Waals surface area (Å²) in [7, 11) is 0. The van der Waals surface area contributed by atoms with Crippen LogP contribution in [0.4, 0.5) is 0 Å². The standard InChI is InChI=1S/C14H15ClN2O3S/c1-21-6-2-3-18-10-7-9-11(14(15)17-8-16-9)13-12(10)19-4-5-20-13/h7-8H,2-6H2,1H3. The molecule has 0 spiro atoms. The summed E-state index contributed by atoms with van der Waals surface area (Å²) in [5, 5.41) is 1.03. The molecule has 1 aliphatic rings.